The van der Waals surface area contributed by atoms with E-state index in [2.05, 4.69) is 249 Å². The molecule has 1 aromatic heterocycles. The second-order valence-electron chi connectivity index (χ2n) is 30.3. The maximum absolute atomic E-state index is 2.76. The Morgan fingerprint density at radius 1 is 0.480 bits per heavy atom. The van der Waals surface area contributed by atoms with Gasteiger partial charge in [0.15, 0.2) is 0 Å². The van der Waals surface area contributed by atoms with E-state index in [0.29, 0.717) is 0 Å². The Bertz CT molecular complexity index is 3550. The summed E-state index contributed by atoms with van der Waals surface area (Å²) in [5.74, 6) is 0. The summed E-state index contributed by atoms with van der Waals surface area (Å²) in [6.07, 6.45) is 7.13. The summed E-state index contributed by atoms with van der Waals surface area (Å²) in [4.78, 5) is 5.51. The molecule has 0 saturated carbocycles. The molecule has 5 heteroatoms. The van der Waals surface area contributed by atoms with Crippen molar-refractivity contribution < 1.29 is 0 Å². The lowest BCUT2D eigenvalue weighted by Crippen LogP contribution is -2.61. The normalized spacial score (nSPS) is 20.2. The molecule has 2 aliphatic heterocycles. The van der Waals surface area contributed by atoms with Crippen molar-refractivity contribution in [3.05, 3.63) is 142 Å². The van der Waals surface area contributed by atoms with Crippen molar-refractivity contribution in [2.24, 2.45) is 0 Å². The fraction of sp³-hybridized carbons (Fsp3) is 0.457. The van der Waals surface area contributed by atoms with Crippen LogP contribution in [0.4, 0.5) is 33.4 Å². The highest BCUT2D eigenvalue weighted by Crippen LogP contribution is 2.56. The zero-order chi connectivity index (χ0) is 53.7. The summed E-state index contributed by atoms with van der Waals surface area (Å²) in [7, 11) is -1.54. The summed E-state index contributed by atoms with van der Waals surface area (Å²) in [5.41, 5.74) is 25.7. The molecule has 0 radical (unpaired) electrons. The van der Waals surface area contributed by atoms with Gasteiger partial charge in [0.1, 0.15) is 0 Å². The van der Waals surface area contributed by atoms with Gasteiger partial charge in [-0.05, 0) is 210 Å². The van der Waals surface area contributed by atoms with E-state index in [1.165, 1.54) is 148 Å². The van der Waals surface area contributed by atoms with Crippen LogP contribution in [0.5, 0.6) is 0 Å². The molecule has 0 amide bonds. The van der Waals surface area contributed by atoms with E-state index in [0.717, 1.165) is 0 Å². The Kier molecular flexibility index (Phi) is 11.0. The Labute approximate surface area is 457 Å². The Morgan fingerprint density at radius 2 is 0.987 bits per heavy atom. The second kappa shape index (κ2) is 16.1. The number of hydrogen-bond acceptors (Lipinski definition) is 3. The van der Waals surface area contributed by atoms with E-state index < -0.39 is 8.07 Å². The zero-order valence-electron chi connectivity index (χ0n) is 49.4. The van der Waals surface area contributed by atoms with Crippen LogP contribution in [-0.2, 0) is 37.9 Å². The van der Waals surface area contributed by atoms with Crippen LogP contribution < -0.4 is 31.4 Å². The molecule has 0 saturated heterocycles. The van der Waals surface area contributed by atoms with Crippen LogP contribution in [0.1, 0.15) is 187 Å². The minimum atomic E-state index is -1.54. The highest BCUT2D eigenvalue weighted by molar-refractivity contribution is 7.26. The van der Waals surface area contributed by atoms with Gasteiger partial charge in [-0.3, -0.25) is 0 Å². The van der Waals surface area contributed by atoms with E-state index in [4.69, 9.17) is 0 Å². The molecule has 5 aliphatic rings. The van der Waals surface area contributed by atoms with Crippen LogP contribution in [0.2, 0.25) is 19.6 Å². The first kappa shape index (κ1) is 50.9. The minimum absolute atomic E-state index is 0.0217. The Hall–Kier alpha value is -4.84. The lowest BCUT2D eigenvalue weighted by Gasteiger charge is -2.47. The van der Waals surface area contributed by atoms with Gasteiger partial charge in [0.2, 0.25) is 0 Å². The average molecular weight is 1030 g/mol. The molecule has 0 atom stereocenters. The van der Waals surface area contributed by atoms with Gasteiger partial charge in [0.05, 0.1) is 18.8 Å². The molecule has 3 aliphatic carbocycles. The number of thiophene rings is 1. The van der Waals surface area contributed by atoms with Gasteiger partial charge in [0.25, 0.3) is 6.71 Å². The van der Waals surface area contributed by atoms with E-state index >= 15 is 0 Å². The lowest BCUT2D eigenvalue weighted by molar-refractivity contribution is 0.332. The van der Waals surface area contributed by atoms with Crippen LogP contribution >= 0.6 is 11.3 Å². The number of anilines is 6. The number of fused-ring (bicyclic) bond motifs is 9. The first-order valence-corrected chi connectivity index (χ1v) is 33.1. The molecule has 2 nitrogen and oxygen atoms in total. The first-order valence-electron chi connectivity index (χ1n) is 28.7. The summed E-state index contributed by atoms with van der Waals surface area (Å²) < 4.78 is 1.42. The number of nitrogens with zero attached hydrogens (tertiary/aromatic N) is 2. The fourth-order valence-corrected chi connectivity index (χ4v) is 17.0. The monoisotopic (exact) mass is 1020 g/mol. The van der Waals surface area contributed by atoms with Gasteiger partial charge in [-0.1, -0.05) is 171 Å². The number of benzene rings is 6. The fourth-order valence-electron chi connectivity index (χ4n) is 14.6. The minimum Gasteiger partial charge on any atom is -0.311 e. The predicted octanol–water partition coefficient (Wildman–Crippen LogP) is 17.8. The van der Waals surface area contributed by atoms with E-state index in [9.17, 15) is 0 Å². The molecule has 6 aromatic carbocycles. The molecular formula is C70H85BN2SSi. The lowest BCUT2D eigenvalue weighted by atomic mass is 9.33. The maximum Gasteiger partial charge on any atom is 0.254 e. The van der Waals surface area contributed by atoms with Gasteiger partial charge in [-0.25, -0.2) is 0 Å². The highest BCUT2D eigenvalue weighted by Gasteiger charge is 2.50. The highest BCUT2D eigenvalue weighted by atomic mass is 32.1. The molecule has 0 fully saturated rings. The summed E-state index contributed by atoms with van der Waals surface area (Å²) >= 11 is 2.05. The Balaban J connectivity index is 1.23. The van der Waals surface area contributed by atoms with Gasteiger partial charge in [0, 0.05) is 33.0 Å². The molecule has 3 heterocycles. The molecule has 0 spiro atoms. The largest absolute Gasteiger partial charge is 0.311 e. The molecule has 0 unspecified atom stereocenters. The molecule has 7 aromatic rings. The third kappa shape index (κ3) is 7.79. The van der Waals surface area contributed by atoms with Crippen molar-refractivity contribution in [2.45, 2.75) is 207 Å². The Morgan fingerprint density at radius 3 is 1.55 bits per heavy atom. The average Bonchev–Trinajstić information content (AvgIpc) is 3.72. The number of rotatable bonds is 4. The van der Waals surface area contributed by atoms with Gasteiger partial charge >= 0.3 is 0 Å². The van der Waals surface area contributed by atoms with Crippen LogP contribution in [0.25, 0.3) is 21.2 Å². The van der Waals surface area contributed by atoms with Crippen LogP contribution in [0, 0.1) is 6.92 Å². The van der Waals surface area contributed by atoms with Crippen molar-refractivity contribution in [1.82, 2.24) is 0 Å². The zero-order valence-corrected chi connectivity index (χ0v) is 51.2. The van der Waals surface area contributed by atoms with Crippen LogP contribution in [0.15, 0.2) is 97.1 Å². The maximum atomic E-state index is 2.76. The second-order valence-corrected chi connectivity index (χ2v) is 36.4. The smallest absolute Gasteiger partial charge is 0.254 e. The van der Waals surface area contributed by atoms with Crippen LogP contribution in [0.3, 0.4) is 0 Å². The van der Waals surface area contributed by atoms with Crippen molar-refractivity contribution in [2.75, 3.05) is 9.80 Å². The number of hydrogen-bond donors (Lipinski definition) is 0. The van der Waals surface area contributed by atoms with Crippen molar-refractivity contribution in [1.29, 1.82) is 0 Å². The van der Waals surface area contributed by atoms with Gasteiger partial charge in [-0.2, -0.15) is 0 Å². The van der Waals surface area contributed by atoms with Crippen molar-refractivity contribution >= 4 is 91.2 Å². The van der Waals surface area contributed by atoms with Crippen LogP contribution in [-0.4, -0.2) is 14.8 Å². The van der Waals surface area contributed by atoms with E-state index in [1.54, 1.807) is 11.1 Å². The molecular weight excluding hydrogens is 940 g/mol. The van der Waals surface area contributed by atoms with Gasteiger partial charge < -0.3 is 9.80 Å². The third-order valence-electron chi connectivity index (χ3n) is 20.0. The number of aryl methyl sites for hydroxylation is 1. The SMILES string of the molecule is Cc1cc2c3c(c1)N(c1ccc4c(c1)C(C)(C)CCC4(C)C)c1sc4cc5c(cc4c1B3c1cc3c(cc1N2c1ccc(C(C)(C)C)cc1-c1ccc([Si](C)(C)C)cc1)C(C)(C)CCC3(C)C)C(C)(C)CCC5(C)C. The summed E-state index contributed by atoms with van der Waals surface area (Å²) in [5, 5.41) is 4.33. The summed E-state index contributed by atoms with van der Waals surface area (Å²) in [6, 6.07) is 40.8. The topological polar surface area (TPSA) is 6.48 Å². The molecule has 75 heavy (non-hydrogen) atoms. The van der Waals surface area contributed by atoms with E-state index in [-0.39, 0.29) is 44.6 Å². The standard InChI is InChI=1S/C70H85BN2SSi/c1-42-34-58-62-59(35-42)73(56-27-22-44(64(2,3)4)36-47(56)43-20-24-46(25-21-43)75(17,18)19)57-40-53-52(68(11,12)31-32-69(53,13)14)39-55(57)71(62)61-48-38-51-54(70(15,16)33-30-67(51,9)10)41-60(48)74-63(61)72(58)45-23-26-49-50(37-45)66(7,8)29-28-65(49,5)6/h20-27,34-41H,28-33H2,1-19H3. The first-order chi connectivity index (χ1) is 34.8. The molecule has 388 valence electrons. The predicted molar refractivity (Wildman–Crippen MR) is 334 cm³/mol. The van der Waals surface area contributed by atoms with Crippen molar-refractivity contribution in [3.63, 3.8) is 0 Å². The quantitative estimate of drug-likeness (QED) is 0.162. The third-order valence-corrected chi connectivity index (χ3v) is 23.3. The van der Waals surface area contributed by atoms with E-state index in [1.807, 2.05) is 0 Å². The molecule has 0 bridgehead atoms. The van der Waals surface area contributed by atoms with Crippen molar-refractivity contribution in [3.8, 4) is 11.1 Å². The molecule has 0 N–H and O–H groups in total. The summed E-state index contributed by atoms with van der Waals surface area (Å²) in [6.45, 7) is 46.9. The van der Waals surface area contributed by atoms with Gasteiger partial charge in [-0.15, -0.1) is 11.3 Å². The molecule has 12 rings (SSSR count).